The van der Waals surface area contributed by atoms with Gasteiger partial charge in [-0.05, 0) is 25.0 Å². The Morgan fingerprint density at radius 3 is 2.50 bits per heavy atom. The zero-order chi connectivity index (χ0) is 17.4. The molecule has 1 saturated heterocycles. The first-order valence-corrected chi connectivity index (χ1v) is 7.78. The molecule has 2 aromatic rings. The van der Waals surface area contributed by atoms with E-state index in [4.69, 9.17) is 5.41 Å². The van der Waals surface area contributed by atoms with Crippen LogP contribution >= 0.6 is 0 Å². The average molecular weight is 338 g/mol. The van der Waals surface area contributed by atoms with E-state index < -0.39 is 18.1 Å². The third kappa shape index (κ3) is 2.71. The van der Waals surface area contributed by atoms with E-state index in [1.165, 1.54) is 6.33 Å². The minimum absolute atomic E-state index is 0.0757. The molecule has 1 aliphatic heterocycles. The van der Waals surface area contributed by atoms with Crippen molar-refractivity contribution in [3.05, 3.63) is 42.5 Å². The van der Waals surface area contributed by atoms with Crippen molar-refractivity contribution in [1.29, 1.82) is 5.41 Å². The van der Waals surface area contributed by atoms with Gasteiger partial charge in [0.25, 0.3) is 0 Å². The molecule has 5 nitrogen and oxygen atoms in total. The number of benzene rings is 1. The summed E-state index contributed by atoms with van der Waals surface area (Å²) < 4.78 is 40.3. The van der Waals surface area contributed by atoms with Crippen molar-refractivity contribution >= 4 is 11.5 Å². The first-order chi connectivity index (χ1) is 11.3. The van der Waals surface area contributed by atoms with Gasteiger partial charge in [-0.3, -0.25) is 10.5 Å². The molecule has 2 heterocycles. The molecule has 128 valence electrons. The van der Waals surface area contributed by atoms with E-state index in [2.05, 4.69) is 15.2 Å². The maximum absolute atomic E-state index is 13.5. The van der Waals surface area contributed by atoms with E-state index in [0.717, 1.165) is 0 Å². The van der Waals surface area contributed by atoms with Crippen LogP contribution in [0.4, 0.5) is 18.9 Å². The molecular weight excluding hydrogens is 319 g/mol. The zero-order valence-electron chi connectivity index (χ0n) is 13.2. The Balaban J connectivity index is 2.15. The van der Waals surface area contributed by atoms with Crippen LogP contribution in [0.1, 0.15) is 31.1 Å². The summed E-state index contributed by atoms with van der Waals surface area (Å²) in [6, 6.07) is 8.47. The lowest BCUT2D eigenvalue weighted by molar-refractivity contribution is -0.158. The van der Waals surface area contributed by atoms with Gasteiger partial charge in [-0.25, -0.2) is 9.47 Å². The molecule has 0 aliphatic carbocycles. The number of hydrogen-bond acceptors (Lipinski definition) is 3. The van der Waals surface area contributed by atoms with Crippen LogP contribution in [0.25, 0.3) is 0 Å². The van der Waals surface area contributed by atoms with Gasteiger partial charge in [0.15, 0.2) is 11.9 Å². The van der Waals surface area contributed by atoms with Gasteiger partial charge in [-0.2, -0.15) is 18.3 Å². The van der Waals surface area contributed by atoms with Gasteiger partial charge >= 0.3 is 6.18 Å². The van der Waals surface area contributed by atoms with Crippen LogP contribution in [0.3, 0.4) is 0 Å². The molecule has 0 saturated carbocycles. The Hall–Kier alpha value is -2.22. The first-order valence-electron chi connectivity index (χ1n) is 7.78. The van der Waals surface area contributed by atoms with Gasteiger partial charge in [-0.1, -0.05) is 18.2 Å². The van der Waals surface area contributed by atoms with Crippen molar-refractivity contribution in [1.82, 2.24) is 19.7 Å². The number of amidine groups is 1. The minimum Gasteiger partial charge on any atom is -0.258 e. The molecule has 1 aliphatic rings. The van der Waals surface area contributed by atoms with Gasteiger partial charge in [-0.15, -0.1) is 0 Å². The van der Waals surface area contributed by atoms with E-state index in [1.807, 2.05) is 6.07 Å². The quantitative estimate of drug-likeness (QED) is 0.818. The van der Waals surface area contributed by atoms with E-state index in [9.17, 15) is 13.2 Å². The number of quaternary nitrogens is 1. The van der Waals surface area contributed by atoms with E-state index in [0.29, 0.717) is 24.4 Å². The second kappa shape index (κ2) is 6.01. The highest BCUT2D eigenvalue weighted by molar-refractivity contribution is 5.93. The third-order valence-corrected chi connectivity index (χ3v) is 4.86. The van der Waals surface area contributed by atoms with Crippen molar-refractivity contribution in [3.63, 3.8) is 0 Å². The van der Waals surface area contributed by atoms with Gasteiger partial charge in [0.2, 0.25) is 5.84 Å². The number of H-pyrrole nitrogens is 1. The smallest absolute Gasteiger partial charge is 0.258 e. The number of para-hydroxylation sites is 1. The van der Waals surface area contributed by atoms with Crippen LogP contribution in [0.2, 0.25) is 0 Å². The normalized spacial score (nSPS) is 28.6. The van der Waals surface area contributed by atoms with Crippen LogP contribution in [0, 0.1) is 11.3 Å². The zero-order valence-corrected chi connectivity index (χ0v) is 13.2. The molecule has 3 rings (SSSR count). The fraction of sp³-hybridized carbons (Fsp3) is 0.438. The van der Waals surface area contributed by atoms with Crippen molar-refractivity contribution < 1.29 is 13.2 Å². The highest BCUT2D eigenvalue weighted by Gasteiger charge is 2.55. The van der Waals surface area contributed by atoms with E-state index in [1.54, 1.807) is 31.3 Å². The molecule has 0 amide bonds. The van der Waals surface area contributed by atoms with Crippen molar-refractivity contribution in [2.45, 2.75) is 31.5 Å². The molecule has 24 heavy (non-hydrogen) atoms. The molecule has 8 heteroatoms. The lowest BCUT2D eigenvalue weighted by Crippen LogP contribution is -2.56. The van der Waals surface area contributed by atoms with Gasteiger partial charge in [0.05, 0.1) is 7.05 Å². The lowest BCUT2D eigenvalue weighted by Gasteiger charge is -2.40. The molecule has 1 fully saturated rings. The monoisotopic (exact) mass is 338 g/mol. The highest BCUT2D eigenvalue weighted by Crippen LogP contribution is 2.44. The number of aromatic amines is 1. The Labute approximate surface area is 137 Å². The topological polar surface area (TPSA) is 65.4 Å². The number of nitrogens with zero attached hydrogens (tertiary/aromatic N) is 3. The number of alkyl halides is 3. The summed E-state index contributed by atoms with van der Waals surface area (Å²) in [7, 11) is 1.66. The largest absolute Gasteiger partial charge is 0.402 e. The summed E-state index contributed by atoms with van der Waals surface area (Å²) in [6.45, 7) is 0. The van der Waals surface area contributed by atoms with Gasteiger partial charge in [0, 0.05) is 6.42 Å². The predicted octanol–water partition coefficient (Wildman–Crippen LogP) is 3.82. The predicted molar refractivity (Wildman–Crippen MR) is 84.4 cm³/mol. The Morgan fingerprint density at radius 1 is 1.21 bits per heavy atom. The highest BCUT2D eigenvalue weighted by atomic mass is 19.4. The number of halogens is 3. The maximum Gasteiger partial charge on any atom is 0.402 e. The Kier molecular flexibility index (Phi) is 4.16. The lowest BCUT2D eigenvalue weighted by atomic mass is 10.0. The SMILES string of the molecule is C[N+]1(c2ccccc2)C(=N)C(C(F)(F)F)CCCC1c1ncn[nH]1. The summed E-state index contributed by atoms with van der Waals surface area (Å²) in [5, 5.41) is 15.1. The first kappa shape index (κ1) is 16.6. The van der Waals surface area contributed by atoms with Crippen LogP contribution < -0.4 is 4.48 Å². The van der Waals surface area contributed by atoms with Crippen LogP contribution in [-0.4, -0.2) is 34.2 Å². The van der Waals surface area contributed by atoms with Crippen LogP contribution in [0.5, 0.6) is 0 Å². The number of aromatic nitrogens is 3. The standard InChI is InChI=1S/C16H19F3N5/c1-24(11-6-3-2-4-7-11)13(15-21-10-22-23-15)9-5-8-12(14(24)20)16(17,18)19/h2-4,6-7,10,12-13,20H,5,8-9H2,1H3,(H,21,22,23)/q+1. The summed E-state index contributed by atoms with van der Waals surface area (Å²) >= 11 is 0. The van der Waals surface area contributed by atoms with Crippen molar-refractivity contribution in [2.75, 3.05) is 7.05 Å². The number of hydrogen-bond donors (Lipinski definition) is 2. The van der Waals surface area contributed by atoms with E-state index >= 15 is 0 Å². The fourth-order valence-corrected chi connectivity index (χ4v) is 3.53. The molecule has 2 N–H and O–H groups in total. The summed E-state index contributed by atoms with van der Waals surface area (Å²) in [5.41, 5.74) is 0.639. The van der Waals surface area contributed by atoms with Gasteiger partial charge in [0.1, 0.15) is 17.9 Å². The second-order valence-corrected chi connectivity index (χ2v) is 6.21. The molecule has 1 aromatic heterocycles. The van der Waals surface area contributed by atoms with Crippen molar-refractivity contribution in [2.24, 2.45) is 5.92 Å². The minimum atomic E-state index is -4.43. The van der Waals surface area contributed by atoms with Gasteiger partial charge < -0.3 is 0 Å². The molecule has 3 unspecified atom stereocenters. The molecule has 0 radical (unpaired) electrons. The Bertz CT molecular complexity index is 698. The van der Waals surface area contributed by atoms with Crippen LogP contribution in [-0.2, 0) is 0 Å². The van der Waals surface area contributed by atoms with E-state index in [-0.39, 0.29) is 16.7 Å². The molecule has 0 bridgehead atoms. The third-order valence-electron chi connectivity index (χ3n) is 4.86. The molecule has 0 spiro atoms. The summed E-state index contributed by atoms with van der Waals surface area (Å²) in [4.78, 5) is 4.16. The summed E-state index contributed by atoms with van der Waals surface area (Å²) in [5.74, 6) is -1.60. The molecular formula is C16H19F3N5+. The summed E-state index contributed by atoms with van der Waals surface area (Å²) in [6.07, 6.45) is -2.29. The van der Waals surface area contributed by atoms with Crippen molar-refractivity contribution in [3.8, 4) is 0 Å². The van der Waals surface area contributed by atoms with Crippen LogP contribution in [0.15, 0.2) is 36.7 Å². The maximum atomic E-state index is 13.5. The molecule has 3 atom stereocenters. The number of likely N-dealkylation sites (tertiary alicyclic amines) is 1. The average Bonchev–Trinajstić information content (AvgIpc) is 3.03. The fourth-order valence-electron chi connectivity index (χ4n) is 3.53. The number of rotatable bonds is 2. The number of nitrogens with one attached hydrogen (secondary N) is 2. The Morgan fingerprint density at radius 2 is 1.92 bits per heavy atom. The second-order valence-electron chi connectivity index (χ2n) is 6.21. The molecule has 1 aromatic carbocycles.